The summed E-state index contributed by atoms with van der Waals surface area (Å²) in [6.07, 6.45) is 2.62. The first-order valence-electron chi connectivity index (χ1n) is 5.70. The van der Waals surface area contributed by atoms with E-state index in [1.54, 1.807) is 12.2 Å². The molecule has 16 heavy (non-hydrogen) atoms. The lowest BCUT2D eigenvalue weighted by molar-refractivity contribution is -0.0949. The van der Waals surface area contributed by atoms with Gasteiger partial charge in [-0.1, -0.05) is 12.2 Å². The lowest BCUT2D eigenvalue weighted by Crippen LogP contribution is -2.21. The van der Waals surface area contributed by atoms with E-state index in [0.717, 1.165) is 0 Å². The van der Waals surface area contributed by atoms with E-state index in [0.29, 0.717) is 12.8 Å². The minimum absolute atomic E-state index is 0.0525. The lowest BCUT2D eigenvalue weighted by Gasteiger charge is -2.16. The molecule has 1 aliphatic heterocycles. The van der Waals surface area contributed by atoms with E-state index in [-0.39, 0.29) is 24.5 Å². The van der Waals surface area contributed by atoms with Crippen LogP contribution in [0.5, 0.6) is 0 Å². The van der Waals surface area contributed by atoms with Gasteiger partial charge in [0.05, 0.1) is 18.3 Å². The molecular weight excluding hydrogens is 210 g/mol. The third-order valence-corrected chi connectivity index (χ3v) is 3.49. The third kappa shape index (κ3) is 2.28. The molecule has 1 heterocycles. The fourth-order valence-corrected chi connectivity index (χ4v) is 2.66. The lowest BCUT2D eigenvalue weighted by atomic mass is 9.91. The number of hydrogen-bond acceptors (Lipinski definition) is 5. The Morgan fingerprint density at radius 2 is 2.12 bits per heavy atom. The van der Waals surface area contributed by atoms with Gasteiger partial charge in [0.1, 0.15) is 0 Å². The van der Waals surface area contributed by atoms with Crippen LogP contribution in [0.25, 0.3) is 0 Å². The predicted octanol–water partition coefficient (Wildman–Crippen LogP) is -1.03. The molecule has 1 saturated heterocycles. The van der Waals surface area contributed by atoms with Gasteiger partial charge in [0.25, 0.3) is 0 Å². The van der Waals surface area contributed by atoms with Gasteiger partial charge in [0.2, 0.25) is 0 Å². The van der Waals surface area contributed by atoms with Crippen LogP contribution in [-0.4, -0.2) is 46.5 Å². The highest BCUT2D eigenvalue weighted by atomic mass is 16.6. The zero-order chi connectivity index (χ0) is 11.7. The van der Waals surface area contributed by atoms with Gasteiger partial charge >= 0.3 is 0 Å². The Morgan fingerprint density at radius 1 is 1.38 bits per heavy atom. The minimum atomic E-state index is -0.710. The molecule has 0 radical (unpaired) electrons. The summed E-state index contributed by atoms with van der Waals surface area (Å²) in [7, 11) is 0. The van der Waals surface area contributed by atoms with Crippen molar-refractivity contribution >= 4 is 0 Å². The van der Waals surface area contributed by atoms with E-state index in [2.05, 4.69) is 0 Å². The highest BCUT2D eigenvalue weighted by molar-refractivity contribution is 5.06. The molecule has 0 bridgehead atoms. The monoisotopic (exact) mass is 229 g/mol. The van der Waals surface area contributed by atoms with Gasteiger partial charge in [-0.05, 0) is 5.92 Å². The quantitative estimate of drug-likeness (QED) is 0.464. The fourth-order valence-electron chi connectivity index (χ4n) is 2.66. The highest BCUT2D eigenvalue weighted by Crippen LogP contribution is 2.43. The van der Waals surface area contributed by atoms with Gasteiger partial charge in [0, 0.05) is 25.3 Å². The molecule has 2 rings (SSSR count). The summed E-state index contributed by atoms with van der Waals surface area (Å²) in [5.41, 5.74) is 5.29. The maximum atomic E-state index is 9.84. The smallest absolute Gasteiger partial charge is 0.155 e. The van der Waals surface area contributed by atoms with Gasteiger partial charge in [-0.2, -0.15) is 0 Å². The normalized spacial score (nSPS) is 45.1. The van der Waals surface area contributed by atoms with Gasteiger partial charge in [-0.3, -0.25) is 0 Å². The van der Waals surface area contributed by atoms with Crippen molar-refractivity contribution in [2.24, 2.45) is 17.6 Å². The largest absolute Gasteiger partial charge is 0.392 e. The summed E-state index contributed by atoms with van der Waals surface area (Å²) in [6, 6.07) is 0. The van der Waals surface area contributed by atoms with Gasteiger partial charge in [0.15, 0.2) is 6.29 Å². The Kier molecular flexibility index (Phi) is 3.61. The Morgan fingerprint density at radius 3 is 2.81 bits per heavy atom. The first kappa shape index (κ1) is 12.0. The standard InChI is InChI=1S/C11H19NO4/c12-5-6(13)1-2-7-8-3-11(15)16-10(8)4-9(7)14/h1-2,6-11,13-15H,3-5,12H2/b2-1+/t6-,7-,8-,9?,10+,11?/m1/s1. The molecule has 0 amide bonds. The molecule has 92 valence electrons. The van der Waals surface area contributed by atoms with E-state index >= 15 is 0 Å². The molecule has 0 spiro atoms. The fraction of sp³-hybridized carbons (Fsp3) is 0.818. The second-order valence-electron chi connectivity index (χ2n) is 4.60. The Bertz CT molecular complexity index is 271. The van der Waals surface area contributed by atoms with Gasteiger partial charge in [-0.15, -0.1) is 0 Å². The first-order chi connectivity index (χ1) is 7.61. The zero-order valence-electron chi connectivity index (χ0n) is 9.07. The van der Waals surface area contributed by atoms with E-state index in [4.69, 9.17) is 10.5 Å². The minimum Gasteiger partial charge on any atom is -0.392 e. The second-order valence-corrected chi connectivity index (χ2v) is 4.60. The molecule has 1 saturated carbocycles. The number of aliphatic hydroxyl groups is 3. The van der Waals surface area contributed by atoms with Crippen molar-refractivity contribution in [3.8, 4) is 0 Å². The summed E-state index contributed by atoms with van der Waals surface area (Å²) >= 11 is 0. The Labute approximate surface area is 94.5 Å². The number of ether oxygens (including phenoxy) is 1. The molecule has 6 atom stereocenters. The summed E-state index contributed by atoms with van der Waals surface area (Å²) in [4.78, 5) is 0. The topological polar surface area (TPSA) is 95.9 Å². The molecule has 0 aromatic rings. The predicted molar refractivity (Wildman–Crippen MR) is 57.3 cm³/mol. The number of aliphatic hydroxyl groups excluding tert-OH is 3. The van der Waals surface area contributed by atoms with Crippen molar-refractivity contribution in [1.29, 1.82) is 0 Å². The number of fused-ring (bicyclic) bond motifs is 1. The van der Waals surface area contributed by atoms with Gasteiger partial charge < -0.3 is 25.8 Å². The van der Waals surface area contributed by atoms with Crippen molar-refractivity contribution in [2.45, 2.75) is 37.4 Å². The molecule has 5 nitrogen and oxygen atoms in total. The van der Waals surface area contributed by atoms with Crippen LogP contribution in [0.2, 0.25) is 0 Å². The van der Waals surface area contributed by atoms with E-state index in [9.17, 15) is 15.3 Å². The first-order valence-corrected chi connectivity index (χ1v) is 5.70. The van der Waals surface area contributed by atoms with Crippen molar-refractivity contribution in [3.05, 3.63) is 12.2 Å². The molecular formula is C11H19NO4. The van der Waals surface area contributed by atoms with Crippen LogP contribution in [0, 0.1) is 11.8 Å². The highest BCUT2D eigenvalue weighted by Gasteiger charge is 2.47. The average molecular weight is 229 g/mol. The maximum absolute atomic E-state index is 9.84. The second kappa shape index (κ2) is 4.81. The van der Waals surface area contributed by atoms with E-state index in [1.165, 1.54) is 0 Å². The van der Waals surface area contributed by atoms with Crippen LogP contribution in [0.4, 0.5) is 0 Å². The molecule has 5 N–H and O–H groups in total. The molecule has 5 heteroatoms. The third-order valence-electron chi connectivity index (χ3n) is 3.49. The Hall–Kier alpha value is -0.460. The Balaban J connectivity index is 2.00. The average Bonchev–Trinajstić information content (AvgIpc) is 2.71. The molecule has 0 aromatic heterocycles. The van der Waals surface area contributed by atoms with E-state index in [1.807, 2.05) is 0 Å². The van der Waals surface area contributed by atoms with Gasteiger partial charge in [-0.25, -0.2) is 0 Å². The maximum Gasteiger partial charge on any atom is 0.155 e. The summed E-state index contributed by atoms with van der Waals surface area (Å²) in [6.45, 7) is 0.173. The van der Waals surface area contributed by atoms with Crippen LogP contribution in [0.3, 0.4) is 0 Å². The van der Waals surface area contributed by atoms with E-state index < -0.39 is 18.5 Å². The number of hydrogen-bond donors (Lipinski definition) is 4. The summed E-state index contributed by atoms with van der Waals surface area (Å²) < 4.78 is 5.29. The van der Waals surface area contributed by atoms with Crippen molar-refractivity contribution in [1.82, 2.24) is 0 Å². The number of nitrogens with two attached hydrogens (primary N) is 1. The van der Waals surface area contributed by atoms with Crippen LogP contribution in [-0.2, 0) is 4.74 Å². The molecule has 2 aliphatic rings. The molecule has 1 aliphatic carbocycles. The van der Waals surface area contributed by atoms with Crippen LogP contribution < -0.4 is 5.73 Å². The van der Waals surface area contributed by atoms with Crippen molar-refractivity contribution < 1.29 is 20.1 Å². The van der Waals surface area contributed by atoms with Crippen LogP contribution >= 0.6 is 0 Å². The van der Waals surface area contributed by atoms with Crippen LogP contribution in [0.15, 0.2) is 12.2 Å². The van der Waals surface area contributed by atoms with Crippen molar-refractivity contribution in [3.63, 3.8) is 0 Å². The summed E-state index contributed by atoms with van der Waals surface area (Å²) in [5.74, 6) is 0.0922. The van der Waals surface area contributed by atoms with Crippen molar-refractivity contribution in [2.75, 3.05) is 6.54 Å². The molecule has 2 unspecified atom stereocenters. The molecule has 0 aromatic carbocycles. The zero-order valence-corrected chi connectivity index (χ0v) is 9.07. The van der Waals surface area contributed by atoms with Crippen LogP contribution in [0.1, 0.15) is 12.8 Å². The summed E-state index contributed by atoms with van der Waals surface area (Å²) in [5, 5.41) is 28.5. The SMILES string of the molecule is NC[C@H](O)/C=C/[C@H]1C(O)C[C@@H]2OC(O)C[C@@H]21. The number of rotatable bonds is 3. The molecule has 2 fully saturated rings.